The Balaban J connectivity index is 1.62. The van der Waals surface area contributed by atoms with Gasteiger partial charge in [-0.1, -0.05) is 6.07 Å². The van der Waals surface area contributed by atoms with Gasteiger partial charge in [-0.15, -0.1) is 0 Å². The minimum atomic E-state index is -1.47. The standard InChI is InChI=1S/C21H21BrN4O2/c1-12-20(22)26-17(5-7-24-26)18(25-12)16-11-21(6-8-23-16)10-13-3-4-14(28-2)9-15(13)19(21)27/h3-5,7,9,16,23H,6,8,10-11H2,1-2H3/t16-,21?/m1/s1/i16D/hD. The minimum Gasteiger partial charge on any atom is -0.497 e. The van der Waals surface area contributed by atoms with Gasteiger partial charge in [-0.25, -0.2) is 4.52 Å². The first-order valence-corrected chi connectivity index (χ1v) is 10.1. The molecule has 28 heavy (non-hydrogen) atoms. The number of carbonyl (C=O) groups is 1. The van der Waals surface area contributed by atoms with Crippen LogP contribution >= 0.6 is 15.9 Å². The van der Waals surface area contributed by atoms with Crippen molar-refractivity contribution in [1.82, 2.24) is 19.9 Å². The Bertz CT molecular complexity index is 1200. The summed E-state index contributed by atoms with van der Waals surface area (Å²) in [4.78, 5) is 18.2. The molecule has 1 saturated heterocycles. The number of ketones is 1. The quantitative estimate of drug-likeness (QED) is 0.655. The van der Waals surface area contributed by atoms with Crippen molar-refractivity contribution in [2.45, 2.75) is 32.2 Å². The maximum Gasteiger partial charge on any atom is 0.169 e. The van der Waals surface area contributed by atoms with Gasteiger partial charge in [0.15, 0.2) is 5.78 Å². The number of halogens is 1. The molecule has 7 heteroatoms. The zero-order valence-corrected chi connectivity index (χ0v) is 17.3. The molecule has 1 N–H and O–H groups in total. The number of ether oxygens (including phenoxy) is 1. The number of aromatic nitrogens is 3. The lowest BCUT2D eigenvalue weighted by atomic mass is 9.72. The minimum absolute atomic E-state index is 0.0412. The molecule has 0 amide bonds. The summed E-state index contributed by atoms with van der Waals surface area (Å²) in [6.07, 6.45) is 2.97. The summed E-state index contributed by atoms with van der Waals surface area (Å²) in [5.41, 5.74) is 2.75. The fraction of sp³-hybridized carbons (Fsp3) is 0.381. The molecule has 0 saturated carbocycles. The Morgan fingerprint density at radius 1 is 1.46 bits per heavy atom. The van der Waals surface area contributed by atoms with Crippen LogP contribution in [0.2, 0.25) is 1.41 Å². The summed E-state index contributed by atoms with van der Waals surface area (Å²) in [6.45, 7) is 2.16. The summed E-state index contributed by atoms with van der Waals surface area (Å²) < 4.78 is 25.7. The lowest BCUT2D eigenvalue weighted by Gasteiger charge is -2.37. The topological polar surface area (TPSA) is 68.5 Å². The second-order valence-electron chi connectivity index (χ2n) is 7.53. The van der Waals surface area contributed by atoms with E-state index in [2.05, 4.69) is 26.0 Å². The van der Waals surface area contributed by atoms with Crippen molar-refractivity contribution >= 4 is 27.2 Å². The highest BCUT2D eigenvalue weighted by Gasteiger charge is 2.48. The van der Waals surface area contributed by atoms with E-state index in [1.54, 1.807) is 30.0 Å². The third-order valence-corrected chi connectivity index (χ3v) is 6.80. The molecule has 1 aromatic carbocycles. The fourth-order valence-corrected chi connectivity index (χ4v) is 4.80. The molecule has 0 bridgehead atoms. The van der Waals surface area contributed by atoms with Crippen molar-refractivity contribution in [2.24, 2.45) is 5.41 Å². The van der Waals surface area contributed by atoms with Crippen LogP contribution in [0, 0.1) is 12.3 Å². The number of rotatable bonds is 2. The van der Waals surface area contributed by atoms with Gasteiger partial charge < -0.3 is 10.0 Å². The van der Waals surface area contributed by atoms with Crippen molar-refractivity contribution in [1.29, 1.82) is 0 Å². The first kappa shape index (κ1) is 15.6. The van der Waals surface area contributed by atoms with Gasteiger partial charge in [0, 0.05) is 11.0 Å². The van der Waals surface area contributed by atoms with Crippen molar-refractivity contribution in [2.75, 3.05) is 13.7 Å². The number of carbonyl (C=O) groups excluding carboxylic acids is 1. The molecule has 2 aromatic heterocycles. The summed E-state index contributed by atoms with van der Waals surface area (Å²) in [7, 11) is 1.59. The molecule has 1 fully saturated rings. The van der Waals surface area contributed by atoms with Crippen LogP contribution in [0.4, 0.5) is 0 Å². The lowest BCUT2D eigenvalue weighted by Crippen LogP contribution is -2.43. The number of fused-ring (bicyclic) bond motifs is 2. The molecule has 3 heterocycles. The van der Waals surface area contributed by atoms with Gasteiger partial charge in [-0.2, -0.15) is 5.10 Å². The molecular weight excluding hydrogens is 420 g/mol. The SMILES string of the molecule is [2H]N1CCC2(Cc3ccc(OC)cc3C2=O)C[C@]1([2H])c1nc(C)c(Br)n2nccc12. The summed E-state index contributed by atoms with van der Waals surface area (Å²) >= 11 is 3.50. The summed E-state index contributed by atoms with van der Waals surface area (Å²) in [5, 5.41) is 5.59. The van der Waals surface area contributed by atoms with Crippen molar-refractivity contribution in [3.8, 4) is 5.75 Å². The molecule has 1 aliphatic carbocycles. The van der Waals surface area contributed by atoms with Crippen LogP contribution in [0.1, 0.15) is 47.5 Å². The highest BCUT2D eigenvalue weighted by molar-refractivity contribution is 9.10. The average molecular weight is 443 g/mol. The molecular formula is C21H21BrN4O2. The molecule has 5 rings (SSSR count). The zero-order chi connectivity index (χ0) is 21.3. The van der Waals surface area contributed by atoms with Crippen LogP contribution in [-0.4, -0.2) is 34.0 Å². The number of benzene rings is 1. The zero-order valence-electron chi connectivity index (χ0n) is 17.7. The normalized spacial score (nSPS) is 28.5. The van der Waals surface area contributed by atoms with E-state index >= 15 is 0 Å². The first-order chi connectivity index (χ1) is 14.3. The van der Waals surface area contributed by atoms with Gasteiger partial charge in [0.2, 0.25) is 0 Å². The molecule has 1 unspecified atom stereocenters. The number of Topliss-reactive ketones (excluding diaryl/α,β-unsaturated/α-hetero) is 1. The predicted octanol–water partition coefficient (Wildman–Crippen LogP) is 3.66. The second kappa shape index (κ2) is 6.39. The average Bonchev–Trinajstić information content (AvgIpc) is 3.32. The number of hydrogen-bond acceptors (Lipinski definition) is 5. The van der Waals surface area contributed by atoms with Gasteiger partial charge in [0.25, 0.3) is 0 Å². The molecule has 1 aliphatic heterocycles. The van der Waals surface area contributed by atoms with Gasteiger partial charge >= 0.3 is 0 Å². The molecule has 0 radical (unpaired) electrons. The maximum absolute atomic E-state index is 13.5. The van der Waals surface area contributed by atoms with Gasteiger partial charge in [0.1, 0.15) is 11.8 Å². The molecule has 2 atom stereocenters. The van der Waals surface area contributed by atoms with Crippen LogP contribution in [0.5, 0.6) is 5.75 Å². The molecule has 6 nitrogen and oxygen atoms in total. The van der Waals surface area contributed by atoms with E-state index in [4.69, 9.17) is 6.15 Å². The molecule has 144 valence electrons. The van der Waals surface area contributed by atoms with Crippen LogP contribution in [0.3, 0.4) is 0 Å². The van der Waals surface area contributed by atoms with E-state index in [-0.39, 0.29) is 12.2 Å². The van der Waals surface area contributed by atoms with Crippen LogP contribution in [-0.2, 0) is 6.42 Å². The molecule has 2 aliphatic rings. The largest absolute Gasteiger partial charge is 0.497 e. The monoisotopic (exact) mass is 442 g/mol. The number of nitrogens with zero attached hydrogens (tertiary/aromatic N) is 3. The number of methoxy groups -OCH3 is 1. The van der Waals surface area contributed by atoms with Crippen molar-refractivity contribution in [3.05, 3.63) is 57.6 Å². The fourth-order valence-electron chi connectivity index (χ4n) is 4.43. The van der Waals surface area contributed by atoms with Crippen LogP contribution in [0.25, 0.3) is 5.52 Å². The number of aryl methyl sites for hydroxylation is 1. The number of piperidine rings is 1. The Kier molecular flexibility index (Phi) is 3.57. The van der Waals surface area contributed by atoms with E-state index in [9.17, 15) is 6.17 Å². The third kappa shape index (κ3) is 2.53. The van der Waals surface area contributed by atoms with Gasteiger partial charge in [0.05, 0.1) is 37.6 Å². The first-order valence-electron chi connectivity index (χ1n) is 10.2. The number of hydrogen-bond donors (Lipinski definition) is 1. The van der Waals surface area contributed by atoms with E-state index in [1.165, 1.54) is 5.31 Å². The predicted molar refractivity (Wildman–Crippen MR) is 109 cm³/mol. The van der Waals surface area contributed by atoms with E-state index in [0.29, 0.717) is 52.2 Å². The Labute approximate surface area is 174 Å². The molecule has 3 aromatic rings. The van der Waals surface area contributed by atoms with E-state index in [0.717, 1.165) is 5.56 Å². The molecule has 1 spiro atoms. The van der Waals surface area contributed by atoms with Gasteiger partial charge in [-0.05, 0) is 72.4 Å². The lowest BCUT2D eigenvalue weighted by molar-refractivity contribution is 0.0719. The second-order valence-corrected chi connectivity index (χ2v) is 8.28. The maximum atomic E-state index is 13.5. The summed E-state index contributed by atoms with van der Waals surface area (Å²) in [5.74, 6) is 0.694. The smallest absolute Gasteiger partial charge is 0.169 e. The van der Waals surface area contributed by atoms with Crippen molar-refractivity contribution < 1.29 is 12.3 Å². The van der Waals surface area contributed by atoms with Crippen LogP contribution in [0.15, 0.2) is 35.1 Å². The Morgan fingerprint density at radius 3 is 3.14 bits per heavy atom. The van der Waals surface area contributed by atoms with E-state index < -0.39 is 11.4 Å². The number of nitrogens with one attached hydrogen (secondary N) is 1. The van der Waals surface area contributed by atoms with E-state index in [1.807, 2.05) is 19.1 Å². The summed E-state index contributed by atoms with van der Waals surface area (Å²) in [6, 6.07) is 5.94. The highest BCUT2D eigenvalue weighted by atomic mass is 79.9. The van der Waals surface area contributed by atoms with Crippen LogP contribution < -0.4 is 10.0 Å². The third-order valence-electron chi connectivity index (χ3n) is 5.89. The Hall–Kier alpha value is -2.25. The Morgan fingerprint density at radius 2 is 2.32 bits per heavy atom. The van der Waals surface area contributed by atoms with Gasteiger partial charge in [-0.3, -0.25) is 9.78 Å². The van der Waals surface area contributed by atoms with Crippen molar-refractivity contribution in [3.63, 3.8) is 0 Å². The highest BCUT2D eigenvalue weighted by Crippen LogP contribution is 2.48.